The molecule has 2 aromatic rings. The normalized spacial score (nSPS) is 10.0. The first kappa shape index (κ1) is 11.5. The number of rotatable bonds is 2. The van der Waals surface area contributed by atoms with Crippen molar-refractivity contribution < 1.29 is 4.74 Å². The Labute approximate surface area is 104 Å². The second-order valence-corrected chi connectivity index (χ2v) is 3.91. The molecule has 0 bridgehead atoms. The van der Waals surface area contributed by atoms with Gasteiger partial charge in [-0.3, -0.25) is 0 Å². The van der Waals surface area contributed by atoms with Crippen LogP contribution in [0.4, 0.5) is 0 Å². The van der Waals surface area contributed by atoms with Crippen molar-refractivity contribution in [2.45, 2.75) is 6.92 Å². The number of hydrogen-bond donors (Lipinski definition) is 1. The minimum Gasteiger partial charge on any atom is -0.497 e. The lowest BCUT2D eigenvalue weighted by Gasteiger charge is -2.05. The van der Waals surface area contributed by atoms with E-state index in [2.05, 4.69) is 9.97 Å². The zero-order valence-corrected chi connectivity index (χ0v) is 10.2. The maximum atomic E-state index is 8.98. The van der Waals surface area contributed by atoms with Crippen LogP contribution in [0, 0.1) is 18.3 Å². The number of hydrogen-bond acceptors (Lipinski definition) is 3. The summed E-state index contributed by atoms with van der Waals surface area (Å²) in [6.07, 6.45) is 0. The predicted molar refractivity (Wildman–Crippen MR) is 65.0 cm³/mol. The molecule has 1 heterocycles. The summed E-state index contributed by atoms with van der Waals surface area (Å²) in [5, 5.41) is 9.50. The van der Waals surface area contributed by atoms with E-state index in [9.17, 15) is 0 Å². The number of benzene rings is 1. The fourth-order valence-corrected chi connectivity index (χ4v) is 1.86. The summed E-state index contributed by atoms with van der Waals surface area (Å²) in [7, 11) is 1.58. The van der Waals surface area contributed by atoms with Gasteiger partial charge in [-0.05, 0) is 25.1 Å². The van der Waals surface area contributed by atoms with Crippen LogP contribution in [0.25, 0.3) is 11.3 Å². The Morgan fingerprint density at radius 2 is 2.24 bits per heavy atom. The molecule has 86 valence electrons. The number of nitrogens with zero attached hydrogens (tertiary/aromatic N) is 2. The number of halogens is 1. The van der Waals surface area contributed by atoms with Gasteiger partial charge in [-0.2, -0.15) is 5.26 Å². The zero-order chi connectivity index (χ0) is 12.4. The quantitative estimate of drug-likeness (QED) is 0.888. The van der Waals surface area contributed by atoms with Gasteiger partial charge in [0.25, 0.3) is 0 Å². The van der Waals surface area contributed by atoms with Crippen LogP contribution in [0.1, 0.15) is 11.5 Å². The molecule has 0 atom stereocenters. The van der Waals surface area contributed by atoms with Crippen molar-refractivity contribution in [2.75, 3.05) is 7.11 Å². The Kier molecular flexibility index (Phi) is 3.03. The third-order valence-electron chi connectivity index (χ3n) is 2.37. The average Bonchev–Trinajstić information content (AvgIpc) is 2.70. The summed E-state index contributed by atoms with van der Waals surface area (Å²) in [5.41, 5.74) is 1.72. The summed E-state index contributed by atoms with van der Waals surface area (Å²) in [4.78, 5) is 7.11. The second kappa shape index (κ2) is 4.48. The van der Waals surface area contributed by atoms with Crippen LogP contribution >= 0.6 is 11.6 Å². The van der Waals surface area contributed by atoms with E-state index in [1.165, 1.54) is 0 Å². The van der Waals surface area contributed by atoms with Crippen LogP contribution in [0.3, 0.4) is 0 Å². The highest BCUT2D eigenvalue weighted by Crippen LogP contribution is 2.31. The van der Waals surface area contributed by atoms with Crippen molar-refractivity contribution in [3.8, 4) is 23.1 Å². The molecule has 4 nitrogen and oxygen atoms in total. The number of nitrogens with one attached hydrogen (secondary N) is 1. The van der Waals surface area contributed by atoms with E-state index in [-0.39, 0.29) is 0 Å². The largest absolute Gasteiger partial charge is 0.497 e. The van der Waals surface area contributed by atoms with Crippen LogP contribution in [0.5, 0.6) is 5.75 Å². The van der Waals surface area contributed by atoms with Crippen LogP contribution < -0.4 is 4.74 Å². The van der Waals surface area contributed by atoms with Crippen molar-refractivity contribution in [1.29, 1.82) is 5.26 Å². The summed E-state index contributed by atoms with van der Waals surface area (Å²) in [5.74, 6) is 1.36. The molecule has 1 aromatic heterocycles. The minimum absolute atomic E-state index is 0.342. The van der Waals surface area contributed by atoms with Crippen molar-refractivity contribution in [2.24, 2.45) is 0 Å². The van der Waals surface area contributed by atoms with E-state index in [4.69, 9.17) is 21.6 Å². The van der Waals surface area contributed by atoms with E-state index in [1.807, 2.05) is 6.07 Å². The minimum atomic E-state index is 0.342. The molecule has 0 aliphatic heterocycles. The Morgan fingerprint density at radius 1 is 1.47 bits per heavy atom. The molecule has 0 fully saturated rings. The summed E-state index contributed by atoms with van der Waals surface area (Å²) in [6, 6.07) is 7.33. The van der Waals surface area contributed by atoms with Gasteiger partial charge in [-0.1, -0.05) is 11.6 Å². The molecule has 0 saturated carbocycles. The molecule has 1 N–H and O–H groups in total. The molecule has 0 aliphatic rings. The number of nitriles is 1. The molecule has 0 radical (unpaired) electrons. The molecular formula is C12H10ClN3O. The van der Waals surface area contributed by atoms with E-state index in [1.54, 1.807) is 32.2 Å². The Bertz CT molecular complexity index is 598. The summed E-state index contributed by atoms with van der Waals surface area (Å²) >= 11 is 6.14. The highest BCUT2D eigenvalue weighted by molar-refractivity contribution is 6.33. The van der Waals surface area contributed by atoms with Crippen molar-refractivity contribution in [3.05, 3.63) is 34.7 Å². The van der Waals surface area contributed by atoms with Gasteiger partial charge in [0.05, 0.1) is 17.8 Å². The van der Waals surface area contributed by atoms with Gasteiger partial charge >= 0.3 is 0 Å². The topological polar surface area (TPSA) is 61.7 Å². The van der Waals surface area contributed by atoms with Crippen molar-refractivity contribution in [3.63, 3.8) is 0 Å². The standard InChI is InChI=1S/C12H10ClN3O/c1-7-15-11(6-14)12(16-7)9-4-3-8(17-2)5-10(9)13/h3-5H,1-2H3,(H,15,16). The van der Waals surface area contributed by atoms with Gasteiger partial charge < -0.3 is 9.72 Å². The first-order valence-electron chi connectivity index (χ1n) is 4.96. The van der Waals surface area contributed by atoms with Crippen molar-refractivity contribution >= 4 is 11.6 Å². The second-order valence-electron chi connectivity index (χ2n) is 3.50. The molecule has 0 spiro atoms. The maximum Gasteiger partial charge on any atom is 0.166 e. The Morgan fingerprint density at radius 3 is 2.82 bits per heavy atom. The lowest BCUT2D eigenvalue weighted by molar-refractivity contribution is 0.415. The van der Waals surface area contributed by atoms with Gasteiger partial charge in [0.15, 0.2) is 5.69 Å². The van der Waals surface area contributed by atoms with E-state index < -0.39 is 0 Å². The molecule has 0 amide bonds. The van der Waals surface area contributed by atoms with E-state index in [0.29, 0.717) is 28.0 Å². The number of imidazole rings is 1. The molecule has 0 aliphatic carbocycles. The number of aromatic amines is 1. The smallest absolute Gasteiger partial charge is 0.166 e. The fourth-order valence-electron chi connectivity index (χ4n) is 1.59. The van der Waals surface area contributed by atoms with Crippen LogP contribution in [-0.2, 0) is 0 Å². The SMILES string of the molecule is COc1ccc(-c2[nH]c(C)nc2C#N)c(Cl)c1. The molecule has 2 rings (SSSR count). The molecule has 17 heavy (non-hydrogen) atoms. The Hall–Kier alpha value is -1.99. The molecule has 5 heteroatoms. The fraction of sp³-hybridized carbons (Fsp3) is 0.167. The Balaban J connectivity index is 2.57. The van der Waals surface area contributed by atoms with Gasteiger partial charge in [0, 0.05) is 5.56 Å². The van der Waals surface area contributed by atoms with Gasteiger partial charge in [0.2, 0.25) is 0 Å². The molecule has 1 aromatic carbocycles. The number of aryl methyl sites for hydroxylation is 1. The highest BCUT2D eigenvalue weighted by atomic mass is 35.5. The molecule has 0 saturated heterocycles. The zero-order valence-electron chi connectivity index (χ0n) is 9.41. The first-order valence-corrected chi connectivity index (χ1v) is 5.34. The van der Waals surface area contributed by atoms with E-state index >= 15 is 0 Å². The van der Waals surface area contributed by atoms with Gasteiger partial charge in [0.1, 0.15) is 17.6 Å². The van der Waals surface area contributed by atoms with Gasteiger partial charge in [-0.25, -0.2) is 4.98 Å². The van der Waals surface area contributed by atoms with Crippen molar-refractivity contribution in [1.82, 2.24) is 9.97 Å². The van der Waals surface area contributed by atoms with Crippen LogP contribution in [0.2, 0.25) is 5.02 Å². The summed E-state index contributed by atoms with van der Waals surface area (Å²) in [6.45, 7) is 1.79. The van der Waals surface area contributed by atoms with Crippen LogP contribution in [0.15, 0.2) is 18.2 Å². The number of methoxy groups -OCH3 is 1. The maximum absolute atomic E-state index is 8.98. The highest BCUT2D eigenvalue weighted by Gasteiger charge is 2.13. The number of aromatic nitrogens is 2. The average molecular weight is 248 g/mol. The third-order valence-corrected chi connectivity index (χ3v) is 2.69. The third kappa shape index (κ3) is 2.10. The monoisotopic (exact) mass is 247 g/mol. The van der Waals surface area contributed by atoms with Gasteiger partial charge in [-0.15, -0.1) is 0 Å². The molecule has 0 unspecified atom stereocenters. The number of ether oxygens (including phenoxy) is 1. The van der Waals surface area contributed by atoms with Crippen LogP contribution in [-0.4, -0.2) is 17.1 Å². The summed E-state index contributed by atoms with van der Waals surface area (Å²) < 4.78 is 5.07. The predicted octanol–water partition coefficient (Wildman–Crippen LogP) is 2.92. The number of H-pyrrole nitrogens is 1. The lowest BCUT2D eigenvalue weighted by Crippen LogP contribution is -1.87. The molecular weight excluding hydrogens is 238 g/mol. The van der Waals surface area contributed by atoms with E-state index in [0.717, 1.165) is 5.56 Å². The lowest BCUT2D eigenvalue weighted by atomic mass is 10.1. The first-order chi connectivity index (χ1) is 8.15.